The largest absolute Gasteiger partial charge is 0.271 e. The van der Waals surface area contributed by atoms with Gasteiger partial charge in [0.15, 0.2) is 0 Å². The first-order chi connectivity index (χ1) is 7.08. The van der Waals surface area contributed by atoms with Gasteiger partial charge in [0, 0.05) is 4.88 Å². The zero-order chi connectivity index (χ0) is 11.4. The molecule has 0 amide bonds. The second kappa shape index (κ2) is 5.58. The third-order valence-corrected chi connectivity index (χ3v) is 3.98. The summed E-state index contributed by atoms with van der Waals surface area (Å²) in [6, 6.07) is 0.256. The first-order valence-corrected chi connectivity index (χ1v) is 6.30. The van der Waals surface area contributed by atoms with Crippen LogP contribution in [-0.4, -0.2) is 4.98 Å². The molecule has 1 rings (SSSR count). The van der Waals surface area contributed by atoms with Crippen LogP contribution in [0.1, 0.15) is 48.3 Å². The number of hydrogen-bond acceptors (Lipinski definition) is 4. The van der Waals surface area contributed by atoms with Crippen LogP contribution in [0.5, 0.6) is 0 Å². The molecule has 3 nitrogen and oxygen atoms in total. The number of hydrogen-bond donors (Lipinski definition) is 2. The topological polar surface area (TPSA) is 50.9 Å². The van der Waals surface area contributed by atoms with E-state index in [-0.39, 0.29) is 6.04 Å². The normalized spacial score (nSPS) is 15.3. The average molecular weight is 227 g/mol. The molecule has 1 heterocycles. The van der Waals surface area contributed by atoms with E-state index in [1.807, 2.05) is 6.92 Å². The molecule has 0 radical (unpaired) electrons. The van der Waals surface area contributed by atoms with Crippen molar-refractivity contribution in [3.63, 3.8) is 0 Å². The second-order valence-corrected chi connectivity index (χ2v) is 5.39. The molecule has 2 unspecified atom stereocenters. The molecule has 0 spiro atoms. The fourth-order valence-electron chi connectivity index (χ4n) is 1.69. The molecule has 0 saturated carbocycles. The number of nitrogens with one attached hydrogen (secondary N) is 1. The molecule has 0 aliphatic heterocycles. The van der Waals surface area contributed by atoms with Gasteiger partial charge in [-0.15, -0.1) is 11.3 Å². The summed E-state index contributed by atoms with van der Waals surface area (Å²) in [4.78, 5) is 5.72. The van der Waals surface area contributed by atoms with E-state index < -0.39 is 0 Å². The van der Waals surface area contributed by atoms with Crippen LogP contribution < -0.4 is 11.3 Å². The first-order valence-electron chi connectivity index (χ1n) is 5.48. The van der Waals surface area contributed by atoms with E-state index in [0.29, 0.717) is 5.92 Å². The Hall–Kier alpha value is -0.450. The van der Waals surface area contributed by atoms with Gasteiger partial charge in [-0.1, -0.05) is 20.3 Å². The Labute approximate surface area is 96.1 Å². The lowest BCUT2D eigenvalue weighted by atomic mass is 9.98. The minimum Gasteiger partial charge on any atom is -0.271 e. The summed E-state index contributed by atoms with van der Waals surface area (Å²) >= 11 is 1.75. The van der Waals surface area contributed by atoms with Gasteiger partial charge in [0.05, 0.1) is 16.7 Å². The summed E-state index contributed by atoms with van der Waals surface area (Å²) in [5.41, 5.74) is 4.02. The molecular formula is C11H21N3S. The number of thiazole rings is 1. The van der Waals surface area contributed by atoms with Crippen molar-refractivity contribution in [2.45, 2.75) is 46.6 Å². The van der Waals surface area contributed by atoms with Gasteiger partial charge in [-0.2, -0.15) is 0 Å². The fourth-order valence-corrected chi connectivity index (χ4v) is 2.69. The maximum Gasteiger partial charge on any atom is 0.0900 e. The van der Waals surface area contributed by atoms with Gasteiger partial charge in [-0.3, -0.25) is 11.3 Å². The van der Waals surface area contributed by atoms with Crippen molar-refractivity contribution in [3.8, 4) is 0 Å². The van der Waals surface area contributed by atoms with Crippen LogP contribution in [0.15, 0.2) is 0 Å². The highest BCUT2D eigenvalue weighted by Gasteiger charge is 2.18. The van der Waals surface area contributed by atoms with Gasteiger partial charge in [0.25, 0.3) is 0 Å². The Kier molecular flexibility index (Phi) is 4.70. The monoisotopic (exact) mass is 227 g/mol. The summed E-state index contributed by atoms with van der Waals surface area (Å²) < 4.78 is 0. The summed E-state index contributed by atoms with van der Waals surface area (Å²) in [7, 11) is 0. The Morgan fingerprint density at radius 3 is 2.53 bits per heavy atom. The first kappa shape index (κ1) is 12.6. The number of nitrogens with zero attached hydrogens (tertiary/aromatic N) is 1. The van der Waals surface area contributed by atoms with Crippen molar-refractivity contribution in [2.75, 3.05) is 0 Å². The molecule has 1 aromatic heterocycles. The molecule has 86 valence electrons. The van der Waals surface area contributed by atoms with Crippen molar-refractivity contribution in [1.29, 1.82) is 0 Å². The zero-order valence-corrected chi connectivity index (χ0v) is 10.8. The summed E-state index contributed by atoms with van der Waals surface area (Å²) in [6.45, 7) is 8.56. The number of aromatic nitrogens is 1. The molecule has 0 bridgehead atoms. The SMILES string of the molecule is CCC(C)CC(NN)c1sc(C)nc1C. The Bertz CT molecular complexity index is 309. The van der Waals surface area contributed by atoms with Crippen LogP contribution in [0.3, 0.4) is 0 Å². The highest BCUT2D eigenvalue weighted by molar-refractivity contribution is 7.11. The van der Waals surface area contributed by atoms with Gasteiger partial charge >= 0.3 is 0 Å². The quantitative estimate of drug-likeness (QED) is 0.600. The molecular weight excluding hydrogens is 206 g/mol. The van der Waals surface area contributed by atoms with Crippen molar-refractivity contribution in [3.05, 3.63) is 15.6 Å². The molecule has 2 atom stereocenters. The number of rotatable bonds is 5. The van der Waals surface area contributed by atoms with Crippen molar-refractivity contribution >= 4 is 11.3 Å². The molecule has 1 aromatic rings. The molecule has 0 aromatic carbocycles. The van der Waals surface area contributed by atoms with Crippen LogP contribution in [0.2, 0.25) is 0 Å². The maximum atomic E-state index is 5.61. The number of aryl methyl sites for hydroxylation is 2. The smallest absolute Gasteiger partial charge is 0.0900 e. The maximum absolute atomic E-state index is 5.61. The van der Waals surface area contributed by atoms with Crippen LogP contribution in [0.25, 0.3) is 0 Å². The third-order valence-electron chi connectivity index (χ3n) is 2.79. The molecule has 0 aliphatic rings. The van der Waals surface area contributed by atoms with Crippen molar-refractivity contribution in [2.24, 2.45) is 11.8 Å². The van der Waals surface area contributed by atoms with E-state index in [4.69, 9.17) is 5.84 Å². The molecule has 0 aliphatic carbocycles. The number of hydrazine groups is 1. The predicted octanol–water partition coefficient (Wildman–Crippen LogP) is 2.70. The van der Waals surface area contributed by atoms with Gasteiger partial charge in [0.1, 0.15) is 0 Å². The summed E-state index contributed by atoms with van der Waals surface area (Å²) in [5.74, 6) is 6.30. The standard InChI is InChI=1S/C11H21N3S/c1-5-7(2)6-10(14-12)11-8(3)13-9(4)15-11/h7,10,14H,5-6,12H2,1-4H3. The average Bonchev–Trinajstić information content (AvgIpc) is 2.54. The Morgan fingerprint density at radius 1 is 1.47 bits per heavy atom. The van der Waals surface area contributed by atoms with Crippen molar-refractivity contribution in [1.82, 2.24) is 10.4 Å². The highest BCUT2D eigenvalue weighted by Crippen LogP contribution is 2.29. The Morgan fingerprint density at radius 2 is 2.13 bits per heavy atom. The van der Waals surface area contributed by atoms with E-state index in [1.54, 1.807) is 11.3 Å². The molecule has 0 saturated heterocycles. The fraction of sp³-hybridized carbons (Fsp3) is 0.727. The zero-order valence-electron chi connectivity index (χ0n) is 10.0. The predicted molar refractivity (Wildman–Crippen MR) is 65.7 cm³/mol. The summed E-state index contributed by atoms with van der Waals surface area (Å²) in [5, 5.41) is 1.12. The van der Waals surface area contributed by atoms with Gasteiger partial charge < -0.3 is 0 Å². The van der Waals surface area contributed by atoms with Crippen LogP contribution >= 0.6 is 11.3 Å². The minimum atomic E-state index is 0.256. The van der Waals surface area contributed by atoms with Crippen molar-refractivity contribution < 1.29 is 0 Å². The molecule has 4 heteroatoms. The van der Waals surface area contributed by atoms with E-state index in [2.05, 4.69) is 31.2 Å². The van der Waals surface area contributed by atoms with Gasteiger partial charge in [-0.25, -0.2) is 4.98 Å². The van der Waals surface area contributed by atoms with E-state index in [0.717, 1.165) is 17.1 Å². The summed E-state index contributed by atoms with van der Waals surface area (Å²) in [6.07, 6.45) is 2.27. The second-order valence-electron chi connectivity index (χ2n) is 4.15. The minimum absolute atomic E-state index is 0.256. The lowest BCUT2D eigenvalue weighted by Crippen LogP contribution is -2.29. The highest BCUT2D eigenvalue weighted by atomic mass is 32.1. The molecule has 15 heavy (non-hydrogen) atoms. The number of nitrogens with two attached hydrogens (primary N) is 1. The molecule has 3 N–H and O–H groups in total. The van der Waals surface area contributed by atoms with Crippen LogP contribution in [0, 0.1) is 19.8 Å². The van der Waals surface area contributed by atoms with Crippen LogP contribution in [0.4, 0.5) is 0 Å². The Balaban J connectivity index is 2.78. The van der Waals surface area contributed by atoms with Gasteiger partial charge in [-0.05, 0) is 26.2 Å². The van der Waals surface area contributed by atoms with E-state index in [1.165, 1.54) is 11.3 Å². The lowest BCUT2D eigenvalue weighted by molar-refractivity contribution is 0.410. The lowest BCUT2D eigenvalue weighted by Gasteiger charge is -2.18. The van der Waals surface area contributed by atoms with E-state index >= 15 is 0 Å². The van der Waals surface area contributed by atoms with E-state index in [9.17, 15) is 0 Å². The third kappa shape index (κ3) is 3.26. The van der Waals surface area contributed by atoms with Gasteiger partial charge in [0.2, 0.25) is 0 Å². The van der Waals surface area contributed by atoms with Crippen LogP contribution in [-0.2, 0) is 0 Å². The molecule has 0 fully saturated rings.